The normalized spacial score (nSPS) is 19.4. The molecule has 164 valence electrons. The lowest BCUT2D eigenvalue weighted by atomic mass is 10.1. The van der Waals surface area contributed by atoms with E-state index in [1.165, 1.54) is 16.9 Å². The summed E-state index contributed by atoms with van der Waals surface area (Å²) in [6.45, 7) is 11.5. The summed E-state index contributed by atoms with van der Waals surface area (Å²) in [6.07, 6.45) is 1.18. The molecule has 30 heavy (non-hydrogen) atoms. The molecule has 0 bridgehead atoms. The minimum Gasteiger partial charge on any atom is -0.379 e. The van der Waals surface area contributed by atoms with Gasteiger partial charge in [0.15, 0.2) is 5.96 Å². The molecule has 2 aliphatic rings. The molecule has 2 aromatic rings. The van der Waals surface area contributed by atoms with E-state index in [0.29, 0.717) is 6.04 Å². The van der Waals surface area contributed by atoms with Crippen molar-refractivity contribution in [2.75, 3.05) is 59.0 Å². The van der Waals surface area contributed by atoms with Gasteiger partial charge < -0.3 is 15.4 Å². The van der Waals surface area contributed by atoms with Crippen LogP contribution in [0.2, 0.25) is 0 Å². The minimum atomic E-state index is 0.323. The molecule has 4 rings (SSSR count). The van der Waals surface area contributed by atoms with Crippen LogP contribution in [0.4, 0.5) is 0 Å². The molecule has 0 amide bonds. The van der Waals surface area contributed by atoms with Crippen LogP contribution in [0.5, 0.6) is 0 Å². The quantitative estimate of drug-likeness (QED) is 0.481. The molecule has 0 radical (unpaired) electrons. The largest absolute Gasteiger partial charge is 0.379 e. The maximum atomic E-state index is 5.56. The van der Waals surface area contributed by atoms with E-state index in [1.807, 2.05) is 22.7 Å². The highest BCUT2D eigenvalue weighted by Crippen LogP contribution is 2.26. The van der Waals surface area contributed by atoms with E-state index >= 15 is 0 Å². The number of hydrogen-bond acceptors (Lipinski definition) is 6. The summed E-state index contributed by atoms with van der Waals surface area (Å²) < 4.78 is 5.56. The lowest BCUT2D eigenvalue weighted by Gasteiger charge is -2.33. The molecule has 6 nitrogen and oxygen atoms in total. The van der Waals surface area contributed by atoms with Crippen molar-refractivity contribution < 1.29 is 4.74 Å². The van der Waals surface area contributed by atoms with E-state index in [9.17, 15) is 0 Å². The molecule has 0 spiro atoms. The summed E-state index contributed by atoms with van der Waals surface area (Å²) >= 11 is 3.72. The summed E-state index contributed by atoms with van der Waals surface area (Å²) in [7, 11) is 0. The number of aliphatic imine (C=N–C) groups is 1. The molecule has 1 atom stereocenters. The van der Waals surface area contributed by atoms with Gasteiger partial charge in [-0.3, -0.25) is 14.8 Å². The molecule has 1 unspecified atom stereocenters. The number of nitrogens with one attached hydrogen (secondary N) is 2. The maximum absolute atomic E-state index is 5.56. The zero-order valence-corrected chi connectivity index (χ0v) is 19.4. The first kappa shape index (κ1) is 21.8. The van der Waals surface area contributed by atoms with Crippen molar-refractivity contribution in [2.45, 2.75) is 25.9 Å². The van der Waals surface area contributed by atoms with E-state index in [0.717, 1.165) is 71.5 Å². The van der Waals surface area contributed by atoms with Crippen LogP contribution in [0.15, 0.2) is 34.0 Å². The van der Waals surface area contributed by atoms with Gasteiger partial charge in [-0.15, -0.1) is 22.7 Å². The maximum Gasteiger partial charge on any atom is 0.191 e. The Morgan fingerprint density at radius 1 is 1.17 bits per heavy atom. The Balaban J connectivity index is 1.31. The van der Waals surface area contributed by atoms with E-state index < -0.39 is 0 Å². The van der Waals surface area contributed by atoms with Gasteiger partial charge in [-0.1, -0.05) is 6.07 Å². The predicted octanol–water partition coefficient (Wildman–Crippen LogP) is 2.80. The minimum absolute atomic E-state index is 0.323. The van der Waals surface area contributed by atoms with Crippen LogP contribution >= 0.6 is 22.7 Å². The summed E-state index contributed by atoms with van der Waals surface area (Å²) in [4.78, 5) is 13.0. The van der Waals surface area contributed by atoms with E-state index in [-0.39, 0.29) is 0 Å². The van der Waals surface area contributed by atoms with Crippen LogP contribution in [-0.4, -0.2) is 74.8 Å². The van der Waals surface area contributed by atoms with Gasteiger partial charge in [0, 0.05) is 55.6 Å². The second kappa shape index (κ2) is 11.2. The summed E-state index contributed by atoms with van der Waals surface area (Å²) in [5, 5.41) is 11.4. The Bertz CT molecular complexity index is 785. The molecule has 4 heterocycles. The molecule has 8 heteroatoms. The Labute approximate surface area is 187 Å². The number of rotatable bonds is 8. The third-order valence-electron chi connectivity index (χ3n) is 5.73. The number of fused-ring (bicyclic) bond motifs is 1. The zero-order valence-electron chi connectivity index (χ0n) is 17.8. The number of nitrogens with zero attached hydrogens (tertiary/aromatic N) is 3. The first-order chi connectivity index (χ1) is 14.8. The van der Waals surface area contributed by atoms with E-state index in [2.05, 4.69) is 56.3 Å². The average molecular weight is 448 g/mol. The van der Waals surface area contributed by atoms with Crippen LogP contribution in [0.1, 0.15) is 28.3 Å². The first-order valence-electron chi connectivity index (χ1n) is 11.0. The second-order valence-corrected chi connectivity index (χ2v) is 9.70. The number of morpholine rings is 1. The third kappa shape index (κ3) is 5.82. The fraction of sp³-hybridized carbons (Fsp3) is 0.591. The number of hydrogen-bond donors (Lipinski definition) is 2. The fourth-order valence-corrected chi connectivity index (χ4v) is 5.85. The SMILES string of the molecule is CCNC(=NCC(c1cccs1)N1CCOCC1)NCCN1CCc2sccc2C1. The lowest BCUT2D eigenvalue weighted by molar-refractivity contribution is 0.0186. The summed E-state index contributed by atoms with van der Waals surface area (Å²) in [6, 6.07) is 6.97. The number of ether oxygens (including phenoxy) is 1. The second-order valence-electron chi connectivity index (χ2n) is 7.72. The van der Waals surface area contributed by atoms with Crippen molar-refractivity contribution in [3.63, 3.8) is 0 Å². The summed E-state index contributed by atoms with van der Waals surface area (Å²) in [5.41, 5.74) is 1.51. The standard InChI is InChI=1S/C22H33N5OS2/c1-2-23-22(24-7-9-26-8-5-20-18(17-26)6-15-30-20)25-16-19(21-4-3-14-29-21)27-10-12-28-13-11-27/h3-4,6,14-15,19H,2,5,7-13,16-17H2,1H3,(H2,23,24,25). The Morgan fingerprint density at radius 2 is 2.07 bits per heavy atom. The monoisotopic (exact) mass is 447 g/mol. The van der Waals surface area contributed by atoms with Gasteiger partial charge in [0.25, 0.3) is 0 Å². The van der Waals surface area contributed by atoms with Crippen LogP contribution < -0.4 is 10.6 Å². The number of thiophene rings is 2. The van der Waals surface area contributed by atoms with Crippen molar-refractivity contribution in [1.29, 1.82) is 0 Å². The van der Waals surface area contributed by atoms with Gasteiger partial charge >= 0.3 is 0 Å². The Kier molecular flexibility index (Phi) is 8.16. The fourth-order valence-electron chi connectivity index (χ4n) is 4.11. The van der Waals surface area contributed by atoms with Crippen molar-refractivity contribution >= 4 is 28.6 Å². The highest BCUT2D eigenvalue weighted by molar-refractivity contribution is 7.10. The van der Waals surface area contributed by atoms with E-state index in [4.69, 9.17) is 9.73 Å². The van der Waals surface area contributed by atoms with Gasteiger partial charge in [0.05, 0.1) is 25.8 Å². The smallest absolute Gasteiger partial charge is 0.191 e. The molecule has 0 saturated carbocycles. The number of guanidine groups is 1. The lowest BCUT2D eigenvalue weighted by Crippen LogP contribution is -2.43. The highest BCUT2D eigenvalue weighted by Gasteiger charge is 2.23. The third-order valence-corrected chi connectivity index (χ3v) is 7.73. The van der Waals surface area contributed by atoms with E-state index in [1.54, 1.807) is 4.88 Å². The van der Waals surface area contributed by atoms with Crippen molar-refractivity contribution in [2.24, 2.45) is 4.99 Å². The van der Waals surface area contributed by atoms with Crippen LogP contribution in [0.3, 0.4) is 0 Å². The van der Waals surface area contributed by atoms with Crippen LogP contribution in [-0.2, 0) is 17.7 Å². The molecule has 1 saturated heterocycles. The van der Waals surface area contributed by atoms with Gasteiger partial charge in [0.2, 0.25) is 0 Å². The molecule has 0 aromatic carbocycles. The van der Waals surface area contributed by atoms with Crippen LogP contribution in [0.25, 0.3) is 0 Å². The summed E-state index contributed by atoms with van der Waals surface area (Å²) in [5.74, 6) is 0.917. The van der Waals surface area contributed by atoms with Gasteiger partial charge in [-0.05, 0) is 41.8 Å². The molecule has 2 aliphatic heterocycles. The molecule has 2 N–H and O–H groups in total. The van der Waals surface area contributed by atoms with Gasteiger partial charge in [-0.2, -0.15) is 0 Å². The average Bonchev–Trinajstić information content (AvgIpc) is 3.46. The van der Waals surface area contributed by atoms with Gasteiger partial charge in [-0.25, -0.2) is 0 Å². The molecule has 0 aliphatic carbocycles. The Morgan fingerprint density at radius 3 is 2.87 bits per heavy atom. The van der Waals surface area contributed by atoms with Gasteiger partial charge in [0.1, 0.15) is 0 Å². The van der Waals surface area contributed by atoms with Crippen LogP contribution in [0, 0.1) is 0 Å². The molecular formula is C22H33N5OS2. The first-order valence-corrected chi connectivity index (χ1v) is 12.7. The molecular weight excluding hydrogens is 414 g/mol. The molecule has 1 fully saturated rings. The van der Waals surface area contributed by atoms with Crippen molar-refractivity contribution in [1.82, 2.24) is 20.4 Å². The van der Waals surface area contributed by atoms with Crippen molar-refractivity contribution in [3.8, 4) is 0 Å². The molecule has 2 aromatic heterocycles. The predicted molar refractivity (Wildman–Crippen MR) is 127 cm³/mol. The highest BCUT2D eigenvalue weighted by atomic mass is 32.1. The Hall–Kier alpha value is -1.45. The zero-order chi connectivity index (χ0) is 20.6. The topological polar surface area (TPSA) is 52.1 Å². The van der Waals surface area contributed by atoms with Crippen molar-refractivity contribution in [3.05, 3.63) is 44.3 Å².